The van der Waals surface area contributed by atoms with Gasteiger partial charge >= 0.3 is 12.3 Å². The lowest BCUT2D eigenvalue weighted by atomic mass is 10.4. The van der Waals surface area contributed by atoms with Gasteiger partial charge in [0.25, 0.3) is 0 Å². The third-order valence-electron chi connectivity index (χ3n) is 1.44. The van der Waals surface area contributed by atoms with Gasteiger partial charge in [-0.25, -0.2) is 8.78 Å². The number of aldehydes is 1. The number of alkyl halides is 4. The molecule has 15 heavy (non-hydrogen) atoms. The largest absolute Gasteiger partial charge is 0.477 e. The van der Waals surface area contributed by atoms with Crippen LogP contribution in [0, 0.1) is 0 Å². The molecular formula is C8H6F4O2S. The van der Waals surface area contributed by atoms with Crippen LogP contribution in [0.5, 0.6) is 5.06 Å². The topological polar surface area (TPSA) is 26.3 Å². The maximum absolute atomic E-state index is 12.4. The molecule has 0 saturated heterocycles. The van der Waals surface area contributed by atoms with Crippen molar-refractivity contribution in [3.8, 4) is 5.06 Å². The van der Waals surface area contributed by atoms with Crippen LogP contribution < -0.4 is 4.74 Å². The lowest BCUT2D eigenvalue weighted by Gasteiger charge is -2.14. The summed E-state index contributed by atoms with van der Waals surface area (Å²) in [4.78, 5) is 10.5. The van der Waals surface area contributed by atoms with Gasteiger partial charge in [0, 0.05) is 0 Å². The molecule has 0 N–H and O–H groups in total. The van der Waals surface area contributed by atoms with E-state index in [1.54, 1.807) is 0 Å². The summed E-state index contributed by atoms with van der Waals surface area (Å²) < 4.78 is 52.6. The normalized spacial score (nSPS) is 11.8. The molecule has 1 aromatic rings. The van der Waals surface area contributed by atoms with E-state index in [0.717, 1.165) is 11.3 Å². The van der Waals surface area contributed by atoms with Crippen LogP contribution in [0.2, 0.25) is 0 Å². The molecule has 0 aliphatic carbocycles. The predicted molar refractivity (Wildman–Crippen MR) is 46.2 cm³/mol. The molecular weight excluding hydrogens is 236 g/mol. The Bertz CT molecular complexity index is 337. The maximum Gasteiger partial charge on any atom is 0.340 e. The molecule has 2 nitrogen and oxygen atoms in total. The molecule has 1 aromatic heterocycles. The van der Waals surface area contributed by atoms with E-state index < -0.39 is 19.0 Å². The molecule has 0 aromatic carbocycles. The Morgan fingerprint density at radius 2 is 2.13 bits per heavy atom. The molecule has 0 bridgehead atoms. The fourth-order valence-corrected chi connectivity index (χ4v) is 1.38. The third-order valence-corrected chi connectivity index (χ3v) is 2.37. The summed E-state index contributed by atoms with van der Waals surface area (Å²) in [5, 5.41) is 0.0115. The van der Waals surface area contributed by atoms with Gasteiger partial charge in [0.2, 0.25) is 0 Å². The minimum atomic E-state index is -4.18. The second kappa shape index (κ2) is 4.61. The Hall–Kier alpha value is -1.11. The molecule has 0 radical (unpaired) electrons. The highest BCUT2D eigenvalue weighted by atomic mass is 32.1. The fraction of sp³-hybridized carbons (Fsp3) is 0.375. The summed E-state index contributed by atoms with van der Waals surface area (Å²) in [6.07, 6.45) is -3.24. The second-order valence-electron chi connectivity index (χ2n) is 2.63. The van der Waals surface area contributed by atoms with Gasteiger partial charge in [-0.05, 0) is 12.1 Å². The van der Waals surface area contributed by atoms with Gasteiger partial charge in [-0.1, -0.05) is 11.3 Å². The van der Waals surface area contributed by atoms with Crippen molar-refractivity contribution in [2.24, 2.45) is 0 Å². The highest BCUT2D eigenvalue weighted by Crippen LogP contribution is 2.27. The zero-order valence-corrected chi connectivity index (χ0v) is 8.07. The van der Waals surface area contributed by atoms with Crippen LogP contribution in [-0.2, 0) is 0 Å². The predicted octanol–water partition coefficient (Wildman–Crippen LogP) is 2.84. The molecule has 0 atom stereocenters. The minimum Gasteiger partial charge on any atom is -0.477 e. The van der Waals surface area contributed by atoms with Crippen molar-refractivity contribution in [1.82, 2.24) is 0 Å². The molecule has 7 heteroatoms. The lowest BCUT2D eigenvalue weighted by Crippen LogP contribution is -2.33. The number of ether oxygens (including phenoxy) is 1. The molecule has 0 fully saturated rings. The van der Waals surface area contributed by atoms with E-state index in [1.807, 2.05) is 0 Å². The number of carbonyl (C=O) groups is 1. The highest BCUT2D eigenvalue weighted by molar-refractivity contribution is 7.15. The van der Waals surface area contributed by atoms with Crippen molar-refractivity contribution in [3.05, 3.63) is 17.0 Å². The van der Waals surface area contributed by atoms with Gasteiger partial charge < -0.3 is 4.74 Å². The second-order valence-corrected chi connectivity index (χ2v) is 3.70. The summed E-state index contributed by atoms with van der Waals surface area (Å²) in [6, 6.07) is 2.63. The molecule has 0 aliphatic heterocycles. The van der Waals surface area contributed by atoms with Gasteiger partial charge in [0.05, 0.1) is 4.88 Å². The highest BCUT2D eigenvalue weighted by Gasteiger charge is 2.41. The first-order chi connectivity index (χ1) is 6.95. The maximum atomic E-state index is 12.4. The van der Waals surface area contributed by atoms with Gasteiger partial charge in [-0.2, -0.15) is 8.78 Å². The summed E-state index contributed by atoms with van der Waals surface area (Å²) >= 11 is 0.817. The van der Waals surface area contributed by atoms with Crippen molar-refractivity contribution < 1.29 is 27.1 Å². The van der Waals surface area contributed by atoms with Crippen molar-refractivity contribution in [2.45, 2.75) is 12.3 Å². The first kappa shape index (κ1) is 12.0. The van der Waals surface area contributed by atoms with E-state index in [-0.39, 0.29) is 9.94 Å². The SMILES string of the molecule is O=Cc1ccc(OCC(F)(F)C(F)F)s1. The molecule has 0 amide bonds. The van der Waals surface area contributed by atoms with Gasteiger partial charge in [0.15, 0.2) is 18.0 Å². The minimum absolute atomic E-state index is 0.0115. The average molecular weight is 242 g/mol. The van der Waals surface area contributed by atoms with E-state index in [0.29, 0.717) is 6.29 Å². The lowest BCUT2D eigenvalue weighted by molar-refractivity contribution is -0.147. The van der Waals surface area contributed by atoms with Gasteiger partial charge in [-0.3, -0.25) is 4.79 Å². The van der Waals surface area contributed by atoms with Crippen molar-refractivity contribution >= 4 is 17.6 Å². The monoisotopic (exact) mass is 242 g/mol. The zero-order chi connectivity index (χ0) is 11.5. The first-order valence-electron chi connectivity index (χ1n) is 3.79. The molecule has 1 rings (SSSR count). The molecule has 0 aliphatic rings. The smallest absolute Gasteiger partial charge is 0.340 e. The summed E-state index contributed by atoms with van der Waals surface area (Å²) in [7, 11) is 0. The van der Waals surface area contributed by atoms with Crippen molar-refractivity contribution in [1.29, 1.82) is 0 Å². The van der Waals surface area contributed by atoms with Crippen LogP contribution in [0.25, 0.3) is 0 Å². The Morgan fingerprint density at radius 1 is 1.47 bits per heavy atom. The standard InChI is InChI=1S/C8H6F4O2S/c9-7(10)8(11,12)4-14-6-2-1-5(3-13)15-6/h1-3,7H,4H2. The van der Waals surface area contributed by atoms with Crippen LogP contribution >= 0.6 is 11.3 Å². The van der Waals surface area contributed by atoms with Crippen molar-refractivity contribution in [3.63, 3.8) is 0 Å². The Morgan fingerprint density at radius 3 is 2.60 bits per heavy atom. The Kier molecular flexibility index (Phi) is 3.67. The third kappa shape index (κ3) is 3.19. The number of rotatable bonds is 5. The van der Waals surface area contributed by atoms with Crippen LogP contribution in [0.1, 0.15) is 9.67 Å². The molecule has 0 saturated carbocycles. The molecule has 0 spiro atoms. The first-order valence-corrected chi connectivity index (χ1v) is 4.61. The Balaban J connectivity index is 2.53. The number of carbonyl (C=O) groups excluding carboxylic acids is 1. The average Bonchev–Trinajstić information content (AvgIpc) is 2.62. The van der Waals surface area contributed by atoms with E-state index in [2.05, 4.69) is 4.74 Å². The number of hydrogen-bond acceptors (Lipinski definition) is 3. The van der Waals surface area contributed by atoms with Crippen molar-refractivity contribution in [2.75, 3.05) is 6.61 Å². The van der Waals surface area contributed by atoms with Crippen LogP contribution in [0.3, 0.4) is 0 Å². The number of hydrogen-bond donors (Lipinski definition) is 0. The zero-order valence-electron chi connectivity index (χ0n) is 7.25. The summed E-state index contributed by atoms with van der Waals surface area (Å²) in [5.74, 6) is -4.18. The van der Waals surface area contributed by atoms with E-state index in [1.165, 1.54) is 12.1 Å². The Labute approximate surface area is 86.5 Å². The fourth-order valence-electron chi connectivity index (χ4n) is 0.706. The number of halogens is 4. The quantitative estimate of drug-likeness (QED) is 0.586. The van der Waals surface area contributed by atoms with Gasteiger partial charge in [-0.15, -0.1) is 0 Å². The van der Waals surface area contributed by atoms with Gasteiger partial charge in [0.1, 0.15) is 0 Å². The van der Waals surface area contributed by atoms with Crippen LogP contribution in [0.15, 0.2) is 12.1 Å². The molecule has 0 unspecified atom stereocenters. The van der Waals surface area contributed by atoms with E-state index >= 15 is 0 Å². The number of thiophene rings is 1. The summed E-state index contributed by atoms with van der Waals surface area (Å²) in [5.41, 5.74) is 0. The van der Waals surface area contributed by atoms with E-state index in [9.17, 15) is 22.4 Å². The van der Waals surface area contributed by atoms with Crippen LogP contribution in [0.4, 0.5) is 17.6 Å². The summed E-state index contributed by atoms with van der Waals surface area (Å²) in [6.45, 7) is -1.40. The molecule has 1 heterocycles. The van der Waals surface area contributed by atoms with Crippen LogP contribution in [-0.4, -0.2) is 25.2 Å². The van der Waals surface area contributed by atoms with E-state index in [4.69, 9.17) is 0 Å². The molecule has 84 valence electrons.